The normalized spacial score (nSPS) is 17.5. The Morgan fingerprint density at radius 3 is 2.31 bits per heavy atom. The van der Waals surface area contributed by atoms with Crippen LogP contribution in [-0.4, -0.2) is 27.8 Å². The van der Waals surface area contributed by atoms with Gasteiger partial charge in [-0.25, -0.2) is 0 Å². The fourth-order valence-corrected chi connectivity index (χ4v) is 5.40. The molecule has 0 unspecified atom stereocenters. The average Bonchev–Trinajstić information content (AvgIpc) is 3.18. The summed E-state index contributed by atoms with van der Waals surface area (Å²) >= 11 is 5.52. The van der Waals surface area contributed by atoms with Gasteiger partial charge in [0.1, 0.15) is 5.82 Å². The van der Waals surface area contributed by atoms with E-state index in [4.69, 9.17) is 16.6 Å². The van der Waals surface area contributed by atoms with Gasteiger partial charge in [0.2, 0.25) is 0 Å². The lowest BCUT2D eigenvalue weighted by molar-refractivity contribution is 0.0911. The molecule has 0 radical (unpaired) electrons. The number of hydrogen-bond acceptors (Lipinski definition) is 4. The van der Waals surface area contributed by atoms with Gasteiger partial charge in [0, 0.05) is 16.6 Å². The zero-order valence-corrected chi connectivity index (χ0v) is 19.1. The number of thiocarbonyl (C=S) groups is 1. The highest BCUT2D eigenvalue weighted by Gasteiger charge is 2.50. The first-order valence-corrected chi connectivity index (χ1v) is 12.7. The molecule has 4 nitrogen and oxygen atoms in total. The second kappa shape index (κ2) is 5.94. The van der Waals surface area contributed by atoms with Crippen LogP contribution in [0.5, 0.6) is 0 Å². The summed E-state index contributed by atoms with van der Waals surface area (Å²) in [5, 5.41) is 9.26. The molecule has 0 aliphatic heterocycles. The van der Waals surface area contributed by atoms with Crippen molar-refractivity contribution < 1.29 is 4.43 Å². The van der Waals surface area contributed by atoms with E-state index in [9.17, 15) is 0 Å². The molecule has 2 aromatic rings. The molecule has 0 aromatic carbocycles. The smallest absolute Gasteiger partial charge is 0.193 e. The Bertz CT molecular complexity index is 860. The number of fused-ring (bicyclic) bond motifs is 1. The summed E-state index contributed by atoms with van der Waals surface area (Å²) in [5.74, 6) is 0.977. The number of aromatic nitrogens is 3. The van der Waals surface area contributed by atoms with Crippen molar-refractivity contribution in [3.8, 4) is 0 Å². The van der Waals surface area contributed by atoms with Gasteiger partial charge < -0.3 is 4.43 Å². The van der Waals surface area contributed by atoms with E-state index >= 15 is 0 Å². The predicted molar refractivity (Wildman–Crippen MR) is 113 cm³/mol. The SMILES string of the molecule is CC(=S)C1(c2nnc3c(C(C)(C)O[Si](C)(C)C(C)(C)C)cccn23)CC1. The minimum absolute atomic E-state index is 0.0716. The predicted octanol–water partition coefficient (Wildman–Crippen LogP) is 5.41. The first-order valence-electron chi connectivity index (χ1n) is 9.38. The fraction of sp³-hybridized carbons (Fsp3) is 0.650. The van der Waals surface area contributed by atoms with Crippen molar-refractivity contribution in [1.29, 1.82) is 0 Å². The minimum atomic E-state index is -1.92. The van der Waals surface area contributed by atoms with Gasteiger partial charge in [-0.1, -0.05) is 39.1 Å². The molecule has 1 saturated carbocycles. The van der Waals surface area contributed by atoms with E-state index in [2.05, 4.69) is 80.6 Å². The van der Waals surface area contributed by atoms with Crippen LogP contribution in [0.15, 0.2) is 18.3 Å². The largest absolute Gasteiger partial charge is 0.408 e. The molecule has 2 aromatic heterocycles. The second-order valence-corrected chi connectivity index (χ2v) is 15.0. The topological polar surface area (TPSA) is 39.4 Å². The summed E-state index contributed by atoms with van der Waals surface area (Å²) in [7, 11) is -1.92. The summed E-state index contributed by atoms with van der Waals surface area (Å²) in [6, 6.07) is 4.19. The van der Waals surface area contributed by atoms with Gasteiger partial charge in [-0.3, -0.25) is 4.40 Å². The summed E-state index contributed by atoms with van der Waals surface area (Å²) < 4.78 is 8.89. The molecular weight excluding hydrogens is 358 g/mol. The number of pyridine rings is 1. The van der Waals surface area contributed by atoms with E-state index in [1.54, 1.807) is 0 Å². The summed E-state index contributed by atoms with van der Waals surface area (Å²) in [6.07, 6.45) is 4.18. The molecule has 0 atom stereocenters. The number of nitrogens with zero attached hydrogens (tertiary/aromatic N) is 3. The molecule has 142 valence electrons. The van der Waals surface area contributed by atoms with Gasteiger partial charge in [0.25, 0.3) is 0 Å². The summed E-state index contributed by atoms with van der Waals surface area (Å²) in [5.41, 5.74) is 1.46. The average molecular weight is 390 g/mol. The third kappa shape index (κ3) is 3.06. The monoisotopic (exact) mass is 389 g/mol. The Morgan fingerprint density at radius 1 is 1.19 bits per heavy atom. The van der Waals surface area contributed by atoms with E-state index in [0.29, 0.717) is 0 Å². The van der Waals surface area contributed by atoms with E-state index in [-0.39, 0.29) is 10.5 Å². The van der Waals surface area contributed by atoms with Crippen LogP contribution in [0.25, 0.3) is 5.65 Å². The molecule has 3 rings (SSSR count). The zero-order valence-electron chi connectivity index (χ0n) is 17.3. The molecule has 2 heterocycles. The molecule has 0 saturated heterocycles. The van der Waals surface area contributed by atoms with Crippen molar-refractivity contribution in [3.63, 3.8) is 0 Å². The Morgan fingerprint density at radius 2 is 1.81 bits per heavy atom. The maximum absolute atomic E-state index is 6.77. The van der Waals surface area contributed by atoms with Crippen molar-refractivity contribution in [3.05, 3.63) is 29.7 Å². The van der Waals surface area contributed by atoms with Crippen LogP contribution in [-0.2, 0) is 15.4 Å². The van der Waals surface area contributed by atoms with Crippen LogP contribution in [0.4, 0.5) is 0 Å². The lowest BCUT2D eigenvalue weighted by Crippen LogP contribution is -2.46. The third-order valence-electron chi connectivity index (χ3n) is 6.25. The second-order valence-electron chi connectivity index (χ2n) is 9.65. The fourth-order valence-electron chi connectivity index (χ4n) is 3.42. The van der Waals surface area contributed by atoms with E-state index in [1.807, 2.05) is 6.92 Å². The minimum Gasteiger partial charge on any atom is -0.408 e. The first kappa shape index (κ1) is 19.6. The van der Waals surface area contributed by atoms with Crippen LogP contribution >= 0.6 is 12.2 Å². The van der Waals surface area contributed by atoms with Gasteiger partial charge in [0.15, 0.2) is 14.0 Å². The van der Waals surface area contributed by atoms with Crippen molar-refractivity contribution in [2.24, 2.45) is 0 Å². The maximum Gasteiger partial charge on any atom is 0.193 e. The Labute approximate surface area is 163 Å². The van der Waals surface area contributed by atoms with Crippen LogP contribution < -0.4 is 0 Å². The van der Waals surface area contributed by atoms with Crippen LogP contribution in [0.3, 0.4) is 0 Å². The Kier molecular flexibility index (Phi) is 4.49. The van der Waals surface area contributed by atoms with E-state index in [0.717, 1.165) is 34.7 Å². The lowest BCUT2D eigenvalue weighted by atomic mass is 9.99. The molecule has 0 N–H and O–H groups in total. The highest BCUT2D eigenvalue weighted by Crippen LogP contribution is 2.49. The van der Waals surface area contributed by atoms with Crippen molar-refractivity contribution >= 4 is 31.0 Å². The van der Waals surface area contributed by atoms with Crippen molar-refractivity contribution in [1.82, 2.24) is 14.6 Å². The molecule has 1 fully saturated rings. The number of rotatable bonds is 5. The molecule has 0 spiro atoms. The number of hydrogen-bond donors (Lipinski definition) is 0. The van der Waals surface area contributed by atoms with Crippen LogP contribution in [0, 0.1) is 0 Å². The van der Waals surface area contributed by atoms with E-state index < -0.39 is 13.9 Å². The molecule has 1 aliphatic carbocycles. The quantitative estimate of drug-likeness (QED) is 0.506. The molecule has 6 heteroatoms. The van der Waals surface area contributed by atoms with Crippen molar-refractivity contribution in [2.45, 2.75) is 83.5 Å². The molecule has 26 heavy (non-hydrogen) atoms. The van der Waals surface area contributed by atoms with Gasteiger partial charge in [-0.15, -0.1) is 10.2 Å². The highest BCUT2D eigenvalue weighted by atomic mass is 32.1. The standard InChI is InChI=1S/C20H31N3OSSi/c1-14(25)20(11-12-20)17-22-21-16-15(10-9-13-23(16)17)19(5,6)24-26(7,8)18(2,3)4/h9-10,13H,11-12H2,1-8H3. The molecule has 0 bridgehead atoms. The van der Waals surface area contributed by atoms with E-state index in [1.165, 1.54) is 0 Å². The first-order chi connectivity index (χ1) is 11.8. The summed E-state index contributed by atoms with van der Waals surface area (Å²) in [4.78, 5) is 1.01. The molecular formula is C20H31N3OSSi. The molecule has 0 amide bonds. The van der Waals surface area contributed by atoms with Gasteiger partial charge in [-0.05, 0) is 57.8 Å². The van der Waals surface area contributed by atoms with Gasteiger partial charge in [0.05, 0.1) is 11.0 Å². The Hall–Kier alpha value is -1.11. The van der Waals surface area contributed by atoms with Crippen molar-refractivity contribution in [2.75, 3.05) is 0 Å². The maximum atomic E-state index is 6.77. The van der Waals surface area contributed by atoms with Gasteiger partial charge in [-0.2, -0.15) is 0 Å². The summed E-state index contributed by atoms with van der Waals surface area (Å²) in [6.45, 7) is 17.7. The molecule has 1 aliphatic rings. The lowest BCUT2D eigenvalue weighted by Gasteiger charge is -2.43. The van der Waals surface area contributed by atoms with Crippen LogP contribution in [0.2, 0.25) is 18.1 Å². The Balaban J connectivity index is 2.07. The third-order valence-corrected chi connectivity index (χ3v) is 11.3. The highest BCUT2D eigenvalue weighted by molar-refractivity contribution is 7.80. The van der Waals surface area contributed by atoms with Gasteiger partial charge >= 0.3 is 0 Å². The van der Waals surface area contributed by atoms with Crippen LogP contribution in [0.1, 0.15) is 65.8 Å². The zero-order chi connectivity index (χ0) is 19.5.